The minimum atomic E-state index is -0.537. The molecule has 0 bridgehead atoms. The normalized spacial score (nSPS) is 36.3. The number of nitrogens with zero attached hydrogens (tertiary/aromatic N) is 2. The molecule has 4 rings (SSSR count). The molecular weight excluding hydrogens is 492 g/mol. The summed E-state index contributed by atoms with van der Waals surface area (Å²) in [6.07, 6.45) is 8.82. The minimum absolute atomic E-state index is 0.00493. The van der Waals surface area contributed by atoms with Gasteiger partial charge in [0.25, 0.3) is 0 Å². The fourth-order valence-corrected chi connectivity index (χ4v) is 7.67. The zero-order valence-corrected chi connectivity index (χ0v) is 25.4. The number of fused-ring (bicyclic) bond motifs is 2. The maximum atomic E-state index is 12.4. The molecule has 4 aliphatic carbocycles. The van der Waals surface area contributed by atoms with Crippen LogP contribution in [-0.4, -0.2) is 42.8 Å². The van der Waals surface area contributed by atoms with Gasteiger partial charge in [-0.15, -0.1) is 0 Å². The lowest BCUT2D eigenvalue weighted by atomic mass is 9.52. The highest BCUT2D eigenvalue weighted by molar-refractivity contribution is 6.03. The quantitative estimate of drug-likeness (QED) is 0.303. The first kappa shape index (κ1) is 31.2. The van der Waals surface area contributed by atoms with Crippen LogP contribution in [0.15, 0.2) is 23.5 Å². The molecule has 0 amide bonds. The number of rotatable bonds is 3. The Morgan fingerprint density at radius 1 is 0.872 bits per heavy atom. The minimum Gasteiger partial charge on any atom is -0.392 e. The number of carbonyl (C=O) groups excluding carboxylic acids is 2. The number of ketones is 2. The summed E-state index contributed by atoms with van der Waals surface area (Å²) in [4.78, 5) is 31.5. The van der Waals surface area contributed by atoms with Gasteiger partial charge in [-0.2, -0.15) is 0 Å². The molecule has 0 heterocycles. The van der Waals surface area contributed by atoms with Crippen LogP contribution in [0.1, 0.15) is 97.6 Å². The predicted molar refractivity (Wildman–Crippen MR) is 154 cm³/mol. The van der Waals surface area contributed by atoms with Crippen molar-refractivity contribution in [3.63, 3.8) is 0 Å². The standard InChI is InChI=1S/C16H23NO3.C14H19NO2.2CH4/c1-15(2)12-7-6-8-13(20-10-19-5)16(12,3)9-11(17-4)14(15)18;1-13(2)10-6-5-7-11(16)14(10,3)8-9(15-4)12(13)17;;/h9,12-13H,6-8,10H2,1-3,5H3;8,10-11,16H,5-7H2,1-3H3;2*1H4/t12-,13-,16-;10-,11-,14-;;/m00../s1/i;;2*1T. The van der Waals surface area contributed by atoms with Crippen LogP contribution in [0.4, 0.5) is 0 Å². The number of hydrogen-bond acceptors (Lipinski definition) is 5. The Morgan fingerprint density at radius 2 is 1.31 bits per heavy atom. The average Bonchev–Trinajstić information content (AvgIpc) is 2.96. The van der Waals surface area contributed by atoms with Gasteiger partial charge < -0.3 is 24.2 Å². The van der Waals surface area contributed by atoms with Crippen molar-refractivity contribution in [1.82, 2.24) is 0 Å². The van der Waals surface area contributed by atoms with Crippen LogP contribution in [0.3, 0.4) is 0 Å². The van der Waals surface area contributed by atoms with Crippen molar-refractivity contribution in [2.24, 2.45) is 33.5 Å². The zero-order chi connectivity index (χ0) is 31.8. The molecule has 1 N–H and O–H groups in total. The number of methoxy groups -OCH3 is 1. The molecule has 0 unspecified atom stereocenters. The largest absolute Gasteiger partial charge is 0.392 e. The molecule has 0 aromatic carbocycles. The highest BCUT2D eigenvalue weighted by atomic mass is 16.7. The molecule has 0 radical (unpaired) electrons. The third-order valence-electron chi connectivity index (χ3n) is 9.74. The van der Waals surface area contributed by atoms with Gasteiger partial charge in [0.2, 0.25) is 11.4 Å². The summed E-state index contributed by atoms with van der Waals surface area (Å²) in [7, 11) is 4.11. The summed E-state index contributed by atoms with van der Waals surface area (Å²) >= 11 is 0. The second-order valence-corrected chi connectivity index (χ2v) is 12.7. The number of hydrogen-bond donors (Lipinski definition) is 1. The van der Waals surface area contributed by atoms with Gasteiger partial charge in [-0.05, 0) is 37.5 Å². The average molecular weight is 547 g/mol. The number of carbonyl (C=O) groups is 2. The third kappa shape index (κ3) is 5.78. The number of ether oxygens (including phenoxy) is 2. The molecule has 7 nitrogen and oxygen atoms in total. The number of aliphatic hydroxyl groups is 1. The number of aliphatic hydroxyl groups excluding tert-OH is 1. The molecule has 4 aliphatic rings. The fourth-order valence-electron chi connectivity index (χ4n) is 7.67. The summed E-state index contributed by atoms with van der Waals surface area (Å²) in [5.41, 5.74) is -1.26. The van der Waals surface area contributed by atoms with Crippen LogP contribution in [-0.2, 0) is 19.1 Å². The van der Waals surface area contributed by atoms with E-state index < -0.39 is 22.3 Å². The molecule has 2 saturated carbocycles. The maximum Gasteiger partial charge on any atom is 0.226 e. The fraction of sp³-hybridized carbons (Fsp3) is 0.750. The van der Waals surface area contributed by atoms with Crippen molar-refractivity contribution in [2.75, 3.05) is 13.9 Å². The van der Waals surface area contributed by atoms with E-state index in [1.165, 1.54) is 14.8 Å². The van der Waals surface area contributed by atoms with Gasteiger partial charge in [0.15, 0.2) is 11.6 Å². The van der Waals surface area contributed by atoms with E-state index in [-0.39, 0.29) is 53.1 Å². The van der Waals surface area contributed by atoms with E-state index >= 15 is 0 Å². The van der Waals surface area contributed by atoms with E-state index in [9.17, 15) is 14.7 Å². The van der Waals surface area contributed by atoms with Crippen molar-refractivity contribution < 1.29 is 26.9 Å². The molecule has 0 aromatic heterocycles. The third-order valence-corrected chi connectivity index (χ3v) is 9.74. The molecule has 0 aromatic rings. The first-order valence-corrected chi connectivity index (χ1v) is 13.3. The van der Waals surface area contributed by atoms with E-state index in [4.69, 9.17) is 25.4 Å². The smallest absolute Gasteiger partial charge is 0.226 e. The summed E-state index contributed by atoms with van der Waals surface area (Å²) in [5, 5.41) is 10.2. The van der Waals surface area contributed by atoms with Gasteiger partial charge in [-0.25, -0.2) is 9.69 Å². The van der Waals surface area contributed by atoms with Gasteiger partial charge >= 0.3 is 0 Å². The van der Waals surface area contributed by atoms with Gasteiger partial charge in [0.1, 0.15) is 6.79 Å². The van der Waals surface area contributed by atoms with Crippen LogP contribution >= 0.6 is 0 Å². The van der Waals surface area contributed by atoms with Crippen LogP contribution in [0.5, 0.6) is 0 Å². The predicted octanol–water partition coefficient (Wildman–Crippen LogP) is 7.03. The second kappa shape index (κ2) is 12.5. The summed E-state index contributed by atoms with van der Waals surface area (Å²) in [6, 6.07) is 0. The van der Waals surface area contributed by atoms with E-state index in [2.05, 4.69) is 16.6 Å². The Kier molecular flexibility index (Phi) is 9.97. The molecule has 39 heavy (non-hydrogen) atoms. The van der Waals surface area contributed by atoms with Gasteiger partial charge in [-0.3, -0.25) is 0 Å². The zero-order valence-electron chi connectivity index (χ0n) is 27.4. The second-order valence-electron chi connectivity index (χ2n) is 12.7. The molecule has 218 valence electrons. The Morgan fingerprint density at radius 3 is 1.77 bits per heavy atom. The SMILES string of the molecule is [3H]C.[3H]C.[C-]#[N+]C1=C[C@]2(C)[C@@H](O)CCC[C@H]2C(C)(C)C1=O.[C-]#[N+]C1=C[C@]2(C)[C@@H](OCOC)CCC[C@H]2C(C)(C)C1=O. The van der Waals surface area contributed by atoms with Gasteiger partial charge in [0.05, 0.1) is 25.4 Å². The summed E-state index contributed by atoms with van der Waals surface area (Å²) < 4.78 is 22.4. The van der Waals surface area contributed by atoms with Crippen molar-refractivity contribution in [2.45, 2.75) is 107 Å². The lowest BCUT2D eigenvalue weighted by Gasteiger charge is -2.53. The van der Waals surface area contributed by atoms with E-state index in [0.29, 0.717) is 0 Å². The van der Waals surface area contributed by atoms with E-state index in [1.807, 2.05) is 40.7 Å². The molecule has 0 aliphatic heterocycles. The lowest BCUT2D eigenvalue weighted by molar-refractivity contribution is -0.157. The van der Waals surface area contributed by atoms with E-state index in [0.717, 1.165) is 38.5 Å². The maximum absolute atomic E-state index is 12.4. The number of Topliss-reactive ketones (excluding diaryl/α,β-unsaturated/α-hetero) is 2. The Balaban J connectivity index is 0.000000369. The van der Waals surface area contributed by atoms with Crippen LogP contribution in [0, 0.1) is 46.6 Å². The summed E-state index contributed by atoms with van der Waals surface area (Å²) in [6.45, 7) is 26.5. The molecule has 7 heteroatoms. The van der Waals surface area contributed by atoms with Crippen LogP contribution in [0.2, 0.25) is 0 Å². The Labute approximate surface area is 239 Å². The van der Waals surface area contributed by atoms with E-state index in [1.54, 1.807) is 13.2 Å². The molecule has 0 spiro atoms. The Bertz CT molecular complexity index is 1090. The first-order valence-electron chi connectivity index (χ1n) is 15.3. The van der Waals surface area contributed by atoms with Gasteiger partial charge in [0, 0.05) is 31.5 Å². The highest BCUT2D eigenvalue weighted by Crippen LogP contribution is 2.57. The van der Waals surface area contributed by atoms with Crippen LogP contribution in [0.25, 0.3) is 9.69 Å². The first-order chi connectivity index (χ1) is 19.2. The number of allylic oxidation sites excluding steroid dienone is 2. The molecular formula is C32H50N2O5. The molecule has 6 atom stereocenters. The molecule has 0 saturated heterocycles. The van der Waals surface area contributed by atoms with Crippen molar-refractivity contribution in [1.29, 1.82) is 0 Å². The van der Waals surface area contributed by atoms with Crippen LogP contribution < -0.4 is 0 Å². The van der Waals surface area contributed by atoms with Crippen molar-refractivity contribution in [3.8, 4) is 0 Å². The summed E-state index contributed by atoms with van der Waals surface area (Å²) in [5.74, 6) is 0.256. The monoisotopic (exact) mass is 546 g/mol. The Hall–Kier alpha value is -2.32. The van der Waals surface area contributed by atoms with Crippen molar-refractivity contribution in [3.05, 3.63) is 46.4 Å². The topological polar surface area (TPSA) is 81.6 Å². The van der Waals surface area contributed by atoms with Crippen molar-refractivity contribution >= 4 is 11.6 Å². The lowest BCUT2D eigenvalue weighted by Crippen LogP contribution is -2.54. The highest BCUT2D eigenvalue weighted by Gasteiger charge is 2.56. The van der Waals surface area contributed by atoms with Gasteiger partial charge in [-0.1, -0.05) is 81.3 Å². The molecule has 2 fully saturated rings.